The molecule has 0 bridgehead atoms. The van der Waals surface area contributed by atoms with Crippen LogP contribution in [0.25, 0.3) is 0 Å². The molecule has 0 atom stereocenters. The van der Waals surface area contributed by atoms with Crippen LogP contribution in [-0.4, -0.2) is 60.4 Å². The van der Waals surface area contributed by atoms with Crippen LogP contribution in [0.3, 0.4) is 0 Å². The highest BCUT2D eigenvalue weighted by molar-refractivity contribution is 5.16. The van der Waals surface area contributed by atoms with E-state index in [-0.39, 0.29) is 0 Å². The zero-order valence-corrected chi connectivity index (χ0v) is 14.5. The van der Waals surface area contributed by atoms with Crippen LogP contribution in [0, 0.1) is 0 Å². The summed E-state index contributed by atoms with van der Waals surface area (Å²) in [6.07, 6.45) is -10.0. The Kier molecular flexibility index (Phi) is 8.11. The van der Waals surface area contributed by atoms with Gasteiger partial charge in [0.1, 0.15) is 0 Å². The van der Waals surface area contributed by atoms with Gasteiger partial charge in [0.05, 0.1) is 6.61 Å². The summed E-state index contributed by atoms with van der Waals surface area (Å²) in [7, 11) is 0. The van der Waals surface area contributed by atoms with Gasteiger partial charge in [-0.15, -0.1) is 0 Å². The number of hydrogen-bond acceptors (Lipinski definition) is 2. The van der Waals surface area contributed by atoms with Crippen LogP contribution in [0.5, 0.6) is 0 Å². The summed E-state index contributed by atoms with van der Waals surface area (Å²) in [4.78, 5) is 3.54. The number of halogens is 18. The average Bonchev–Trinajstić information content (AvgIpc) is 2.60. The summed E-state index contributed by atoms with van der Waals surface area (Å²) in [5, 5.41) is 0. The molecule has 0 saturated heterocycles. The number of hydrogen-bond donors (Lipinski definition) is 1. The summed E-state index contributed by atoms with van der Waals surface area (Å²) in [6.45, 7) is -1.14. The molecule has 194 valence electrons. The summed E-state index contributed by atoms with van der Waals surface area (Å²) in [5.41, 5.74) is 0. The first-order valence-corrected chi connectivity index (χ1v) is 7.38. The van der Waals surface area contributed by atoms with Crippen LogP contribution in [0.15, 0.2) is 0 Å². The van der Waals surface area contributed by atoms with Crippen molar-refractivity contribution in [2.75, 3.05) is 6.61 Å². The number of nitrogens with two attached hydrogens (primary N) is 1. The third kappa shape index (κ3) is 4.04. The van der Waals surface area contributed by atoms with Crippen molar-refractivity contribution >= 4 is 0 Å². The average molecular weight is 525 g/mol. The minimum absolute atomic E-state index is 1.14. The van der Waals surface area contributed by atoms with Gasteiger partial charge in [0, 0.05) is 6.42 Å². The molecule has 0 rings (SSSR count). The second-order valence-corrected chi connectivity index (χ2v) is 6.05. The molecule has 0 aliphatic heterocycles. The van der Waals surface area contributed by atoms with Crippen molar-refractivity contribution in [1.82, 2.24) is 0 Å². The molecule has 2 N–H and O–H groups in total. The fraction of sp³-hybridized carbons (Fsp3) is 1.00. The summed E-state index contributed by atoms with van der Waals surface area (Å²) in [5.74, 6) is -60.1. The van der Waals surface area contributed by atoms with Crippen molar-refractivity contribution in [3.8, 4) is 0 Å². The Labute approximate surface area is 164 Å². The lowest BCUT2D eigenvalue weighted by molar-refractivity contribution is -0.457. The first kappa shape index (κ1) is 30.7. The van der Waals surface area contributed by atoms with E-state index in [2.05, 4.69) is 10.7 Å². The third-order valence-electron chi connectivity index (χ3n) is 3.88. The quantitative estimate of drug-likeness (QED) is 0.193. The van der Waals surface area contributed by atoms with E-state index in [9.17, 15) is 79.0 Å². The Bertz CT molecular complexity index is 644. The summed E-state index contributed by atoms with van der Waals surface area (Å²) >= 11 is 0. The molecule has 0 fully saturated rings. The van der Waals surface area contributed by atoms with Crippen molar-refractivity contribution in [1.29, 1.82) is 0 Å². The first-order valence-electron chi connectivity index (χ1n) is 7.38. The van der Waals surface area contributed by atoms with Crippen LogP contribution < -0.4 is 5.90 Å². The maximum atomic E-state index is 13.4. The molecule has 20 heteroatoms. The molecule has 0 aromatic rings. The van der Waals surface area contributed by atoms with Gasteiger partial charge in [-0.25, -0.2) is 14.7 Å². The fourth-order valence-corrected chi connectivity index (χ4v) is 1.90. The second kappa shape index (κ2) is 8.46. The van der Waals surface area contributed by atoms with Gasteiger partial charge in [0.25, 0.3) is 0 Å². The normalized spacial score (nSPS) is 16.1. The molecule has 0 saturated carbocycles. The van der Waals surface area contributed by atoms with Crippen molar-refractivity contribution in [2.24, 2.45) is 5.90 Å². The minimum Gasteiger partial charge on any atom is -0.305 e. The smallest absolute Gasteiger partial charge is 0.305 e. The zero-order chi connectivity index (χ0) is 26.4. The van der Waals surface area contributed by atoms with Crippen molar-refractivity contribution in [2.45, 2.75) is 66.6 Å². The zero-order valence-electron chi connectivity index (χ0n) is 14.5. The monoisotopic (exact) mass is 525 g/mol. The highest BCUT2D eigenvalue weighted by Crippen LogP contribution is 2.64. The van der Waals surface area contributed by atoms with Gasteiger partial charge in [-0.1, -0.05) is 0 Å². The highest BCUT2D eigenvalue weighted by atomic mass is 19.4. The van der Waals surface area contributed by atoms with Crippen LogP contribution in [0.1, 0.15) is 12.8 Å². The summed E-state index contributed by atoms with van der Waals surface area (Å²) in [6, 6.07) is 0. The van der Waals surface area contributed by atoms with Gasteiger partial charge in [-0.05, 0) is 6.42 Å². The predicted molar refractivity (Wildman–Crippen MR) is 65.0 cm³/mol. The Hall–Kier alpha value is -1.34. The van der Waals surface area contributed by atoms with Crippen LogP contribution in [0.2, 0.25) is 0 Å². The highest BCUT2D eigenvalue weighted by Gasteiger charge is 2.95. The molecule has 32 heavy (non-hydrogen) atoms. The number of alkyl halides is 18. The molecule has 0 radical (unpaired) electrons. The van der Waals surface area contributed by atoms with E-state index in [1.165, 1.54) is 0 Å². The van der Waals surface area contributed by atoms with Gasteiger partial charge >= 0.3 is 53.8 Å². The molecule has 0 unspecified atom stereocenters. The van der Waals surface area contributed by atoms with Gasteiger partial charge in [0.2, 0.25) is 0 Å². The SMILES string of the molecule is NOCCCC(F)(F)C(F)(F)C(F)(F)C(F)(F)C(F)(F)C(F)(F)C(F)(F)C(F)(F)C(F)F. The molecule has 0 spiro atoms. The van der Waals surface area contributed by atoms with Gasteiger partial charge in [-0.2, -0.15) is 70.2 Å². The van der Waals surface area contributed by atoms with E-state index < -0.39 is 73.3 Å². The topological polar surface area (TPSA) is 35.2 Å². The summed E-state index contributed by atoms with van der Waals surface area (Å²) < 4.78 is 235. The Balaban J connectivity index is 6.61. The van der Waals surface area contributed by atoms with Crippen molar-refractivity contribution < 1.29 is 83.9 Å². The van der Waals surface area contributed by atoms with Gasteiger partial charge in [-0.3, -0.25) is 0 Å². The molecular formula is C12H9F18NO. The molecule has 0 amide bonds. The lowest BCUT2D eigenvalue weighted by atomic mass is 9.87. The molecule has 0 aliphatic carbocycles. The van der Waals surface area contributed by atoms with Crippen LogP contribution >= 0.6 is 0 Å². The Morgan fingerprint density at radius 2 is 0.844 bits per heavy atom. The lowest BCUT2D eigenvalue weighted by Gasteiger charge is -2.43. The third-order valence-corrected chi connectivity index (χ3v) is 3.88. The molecule has 0 aromatic carbocycles. The van der Waals surface area contributed by atoms with Crippen LogP contribution in [0.4, 0.5) is 79.0 Å². The molecule has 0 heterocycles. The maximum Gasteiger partial charge on any atom is 0.385 e. The fourth-order valence-electron chi connectivity index (χ4n) is 1.90. The maximum absolute atomic E-state index is 13.4. The van der Waals surface area contributed by atoms with E-state index in [0.717, 1.165) is 0 Å². The standard InChI is InChI=1S/C12H9F18NO/c13-4(14)6(17,18)8(21,22)10(25,26)12(29,30)11(27,28)9(23,24)7(19,20)5(15,16)2-1-3-32-31/h4H,1-3,31H2. The molecule has 0 aromatic heterocycles. The Morgan fingerprint density at radius 1 is 0.531 bits per heavy atom. The molecular weight excluding hydrogens is 516 g/mol. The van der Waals surface area contributed by atoms with Crippen LogP contribution in [-0.2, 0) is 4.84 Å². The van der Waals surface area contributed by atoms with Gasteiger partial charge < -0.3 is 4.84 Å². The molecule has 2 nitrogen and oxygen atoms in total. The minimum atomic E-state index is -8.72. The van der Waals surface area contributed by atoms with E-state index in [0.29, 0.717) is 0 Å². The predicted octanol–water partition coefficient (Wildman–Crippen LogP) is 6.00. The van der Waals surface area contributed by atoms with Gasteiger partial charge in [0.15, 0.2) is 0 Å². The second-order valence-electron chi connectivity index (χ2n) is 6.05. The Morgan fingerprint density at radius 3 is 1.16 bits per heavy atom. The van der Waals surface area contributed by atoms with E-state index in [1.54, 1.807) is 0 Å². The van der Waals surface area contributed by atoms with E-state index >= 15 is 0 Å². The number of rotatable bonds is 12. The molecule has 0 aliphatic rings. The van der Waals surface area contributed by atoms with E-state index in [1.807, 2.05) is 0 Å². The van der Waals surface area contributed by atoms with Crippen molar-refractivity contribution in [3.05, 3.63) is 0 Å². The van der Waals surface area contributed by atoms with Crippen molar-refractivity contribution in [3.63, 3.8) is 0 Å². The van der Waals surface area contributed by atoms with E-state index in [4.69, 9.17) is 0 Å². The lowest BCUT2D eigenvalue weighted by Crippen LogP contribution is -2.75. The first-order chi connectivity index (χ1) is 13.8. The largest absolute Gasteiger partial charge is 0.385 e.